The van der Waals surface area contributed by atoms with Crippen LogP contribution in [0.2, 0.25) is 0 Å². The first-order valence-corrected chi connectivity index (χ1v) is 7.59. The average molecular weight is 303 g/mol. The van der Waals surface area contributed by atoms with Crippen molar-refractivity contribution in [1.82, 2.24) is 24.6 Å². The zero-order valence-electron chi connectivity index (χ0n) is 12.7. The van der Waals surface area contributed by atoms with E-state index in [0.717, 1.165) is 37.4 Å². The van der Waals surface area contributed by atoms with Gasteiger partial charge in [0.1, 0.15) is 11.5 Å². The van der Waals surface area contributed by atoms with Gasteiger partial charge in [-0.15, -0.1) is 0 Å². The van der Waals surface area contributed by atoms with Crippen LogP contribution in [0.3, 0.4) is 0 Å². The molecule has 0 saturated carbocycles. The van der Waals surface area contributed by atoms with Crippen molar-refractivity contribution in [3.63, 3.8) is 0 Å². The number of aryl methyl sites for hydroxylation is 1. The van der Waals surface area contributed by atoms with Crippen molar-refractivity contribution in [2.45, 2.75) is 32.9 Å². The summed E-state index contributed by atoms with van der Waals surface area (Å²) in [5, 5.41) is 15.6. The van der Waals surface area contributed by atoms with Crippen molar-refractivity contribution in [3.05, 3.63) is 35.7 Å². The van der Waals surface area contributed by atoms with Crippen molar-refractivity contribution < 1.29 is 9.90 Å². The number of carbonyl (C=O) groups is 1. The lowest BCUT2D eigenvalue weighted by molar-refractivity contribution is 0.0687. The van der Waals surface area contributed by atoms with Gasteiger partial charge in [-0.2, -0.15) is 5.10 Å². The Morgan fingerprint density at radius 2 is 2.41 bits per heavy atom. The summed E-state index contributed by atoms with van der Waals surface area (Å²) in [6.45, 7) is 5.60. The number of carboxylic acid groups (broad SMARTS) is 1. The van der Waals surface area contributed by atoms with E-state index >= 15 is 0 Å². The highest BCUT2D eigenvalue weighted by Crippen LogP contribution is 2.21. The molecule has 0 bridgehead atoms. The first-order valence-electron chi connectivity index (χ1n) is 7.59. The Morgan fingerprint density at radius 1 is 1.55 bits per heavy atom. The number of aromatic amines is 1. The number of imidazole rings is 1. The first kappa shape index (κ1) is 14.8. The number of carboxylic acids is 1. The van der Waals surface area contributed by atoms with Gasteiger partial charge < -0.3 is 9.67 Å². The van der Waals surface area contributed by atoms with Crippen molar-refractivity contribution >= 4 is 5.97 Å². The smallest absolute Gasteiger partial charge is 0.354 e. The molecule has 1 fully saturated rings. The van der Waals surface area contributed by atoms with Gasteiger partial charge in [-0.25, -0.2) is 9.78 Å². The summed E-state index contributed by atoms with van der Waals surface area (Å²) < 4.78 is 2.19. The van der Waals surface area contributed by atoms with Gasteiger partial charge in [0.15, 0.2) is 0 Å². The number of aromatic nitrogens is 4. The predicted octanol–water partition coefficient (Wildman–Crippen LogP) is 1.53. The van der Waals surface area contributed by atoms with E-state index in [4.69, 9.17) is 5.11 Å². The Kier molecular flexibility index (Phi) is 4.24. The third-order valence-corrected chi connectivity index (χ3v) is 4.31. The summed E-state index contributed by atoms with van der Waals surface area (Å²) in [4.78, 5) is 17.7. The fraction of sp³-hybridized carbons (Fsp3) is 0.533. The number of rotatable bonds is 5. The molecule has 1 saturated heterocycles. The van der Waals surface area contributed by atoms with Crippen LogP contribution in [0, 0.1) is 12.8 Å². The molecule has 2 aromatic rings. The molecular weight excluding hydrogens is 282 g/mol. The summed E-state index contributed by atoms with van der Waals surface area (Å²) in [7, 11) is 0. The number of piperidine rings is 1. The Hall–Kier alpha value is -2.15. The van der Waals surface area contributed by atoms with E-state index in [1.54, 1.807) is 6.20 Å². The van der Waals surface area contributed by atoms with Crippen LogP contribution in [0.15, 0.2) is 18.6 Å². The molecule has 2 aromatic heterocycles. The maximum Gasteiger partial charge on any atom is 0.354 e. The molecule has 3 rings (SSSR count). The number of nitrogens with zero attached hydrogens (tertiary/aromatic N) is 4. The van der Waals surface area contributed by atoms with Crippen molar-refractivity contribution in [2.75, 3.05) is 13.1 Å². The fourth-order valence-corrected chi connectivity index (χ4v) is 3.18. The molecule has 1 aliphatic heterocycles. The zero-order chi connectivity index (χ0) is 15.5. The van der Waals surface area contributed by atoms with Crippen LogP contribution in [0.5, 0.6) is 0 Å². The molecule has 7 heteroatoms. The highest BCUT2D eigenvalue weighted by molar-refractivity contribution is 5.86. The number of H-pyrrole nitrogens is 1. The maximum atomic E-state index is 11.1. The molecule has 3 heterocycles. The van der Waals surface area contributed by atoms with Crippen molar-refractivity contribution in [2.24, 2.45) is 5.92 Å². The minimum Gasteiger partial charge on any atom is -0.477 e. The number of hydrogen-bond acceptors (Lipinski definition) is 4. The van der Waals surface area contributed by atoms with Gasteiger partial charge in [-0.1, -0.05) is 0 Å². The van der Waals surface area contributed by atoms with Crippen LogP contribution < -0.4 is 0 Å². The summed E-state index contributed by atoms with van der Waals surface area (Å²) in [6, 6.07) is 0. The summed E-state index contributed by atoms with van der Waals surface area (Å²) in [6.07, 6.45) is 7.81. The molecule has 0 radical (unpaired) electrons. The molecule has 2 N–H and O–H groups in total. The number of aromatic carboxylic acids is 1. The van der Waals surface area contributed by atoms with Crippen LogP contribution in [0.4, 0.5) is 0 Å². The second-order valence-corrected chi connectivity index (χ2v) is 5.95. The van der Waals surface area contributed by atoms with Crippen LogP contribution >= 0.6 is 0 Å². The summed E-state index contributed by atoms with van der Waals surface area (Å²) in [5.41, 5.74) is 0.958. The zero-order valence-corrected chi connectivity index (χ0v) is 12.7. The van der Waals surface area contributed by atoms with Crippen LogP contribution in [0.25, 0.3) is 0 Å². The lowest BCUT2D eigenvalue weighted by Gasteiger charge is -2.32. The standard InChI is InChI=1S/C15H21N5O2/c1-11-16-4-6-20(11)9-12-3-2-5-19(8-12)10-13-7-17-18-14(13)15(21)22/h4,6-7,12H,2-3,5,8-10H2,1H3,(H,17,18)(H,21,22). The minimum absolute atomic E-state index is 0.201. The molecular formula is C15H21N5O2. The SMILES string of the molecule is Cc1nccn1CC1CCCN(Cc2cn[nH]c2C(=O)O)C1. The number of hydrogen-bond donors (Lipinski definition) is 2. The first-order chi connectivity index (χ1) is 10.6. The topological polar surface area (TPSA) is 87.0 Å². The Morgan fingerprint density at radius 3 is 3.14 bits per heavy atom. The van der Waals surface area contributed by atoms with E-state index in [2.05, 4.69) is 24.6 Å². The number of nitrogens with one attached hydrogen (secondary N) is 1. The third kappa shape index (κ3) is 3.19. The average Bonchev–Trinajstić information content (AvgIpc) is 3.09. The van der Waals surface area contributed by atoms with E-state index in [0.29, 0.717) is 12.5 Å². The van der Waals surface area contributed by atoms with Crippen LogP contribution in [-0.2, 0) is 13.1 Å². The lowest BCUT2D eigenvalue weighted by Crippen LogP contribution is -2.36. The number of likely N-dealkylation sites (tertiary alicyclic amines) is 1. The normalized spacial score (nSPS) is 19.4. The minimum atomic E-state index is -0.949. The molecule has 22 heavy (non-hydrogen) atoms. The van der Waals surface area contributed by atoms with Gasteiger partial charge in [-0.05, 0) is 32.2 Å². The third-order valence-electron chi connectivity index (χ3n) is 4.31. The van der Waals surface area contributed by atoms with Gasteiger partial charge in [0.2, 0.25) is 0 Å². The van der Waals surface area contributed by atoms with Gasteiger partial charge in [0, 0.05) is 37.6 Å². The predicted molar refractivity (Wildman–Crippen MR) is 80.5 cm³/mol. The highest BCUT2D eigenvalue weighted by atomic mass is 16.4. The molecule has 1 unspecified atom stereocenters. The maximum absolute atomic E-state index is 11.1. The second kappa shape index (κ2) is 6.31. The lowest BCUT2D eigenvalue weighted by atomic mass is 9.97. The molecule has 1 atom stereocenters. The van der Waals surface area contributed by atoms with E-state index in [9.17, 15) is 4.79 Å². The summed E-state index contributed by atoms with van der Waals surface area (Å²) in [5.74, 6) is 0.664. The Labute approximate surface area is 129 Å². The van der Waals surface area contributed by atoms with Crippen LogP contribution in [0.1, 0.15) is 34.7 Å². The molecule has 0 aliphatic carbocycles. The molecule has 0 amide bonds. The van der Waals surface area contributed by atoms with E-state index in [-0.39, 0.29) is 5.69 Å². The van der Waals surface area contributed by atoms with Gasteiger partial charge in [0.05, 0.1) is 6.20 Å². The highest BCUT2D eigenvalue weighted by Gasteiger charge is 2.23. The second-order valence-electron chi connectivity index (χ2n) is 5.95. The molecule has 1 aliphatic rings. The van der Waals surface area contributed by atoms with E-state index in [1.807, 2.05) is 19.3 Å². The Balaban J connectivity index is 1.62. The van der Waals surface area contributed by atoms with Gasteiger partial charge in [0.25, 0.3) is 0 Å². The van der Waals surface area contributed by atoms with E-state index < -0.39 is 5.97 Å². The molecule has 0 aromatic carbocycles. The van der Waals surface area contributed by atoms with Crippen LogP contribution in [-0.4, -0.2) is 48.8 Å². The monoisotopic (exact) mass is 303 g/mol. The fourth-order valence-electron chi connectivity index (χ4n) is 3.18. The molecule has 118 valence electrons. The largest absolute Gasteiger partial charge is 0.477 e. The summed E-state index contributed by atoms with van der Waals surface area (Å²) >= 11 is 0. The van der Waals surface area contributed by atoms with Crippen molar-refractivity contribution in [3.8, 4) is 0 Å². The molecule has 7 nitrogen and oxygen atoms in total. The van der Waals surface area contributed by atoms with E-state index in [1.165, 1.54) is 6.42 Å². The van der Waals surface area contributed by atoms with Gasteiger partial charge >= 0.3 is 5.97 Å². The Bertz CT molecular complexity index is 648. The quantitative estimate of drug-likeness (QED) is 0.874. The van der Waals surface area contributed by atoms with Gasteiger partial charge in [-0.3, -0.25) is 10.00 Å². The molecule has 0 spiro atoms. The van der Waals surface area contributed by atoms with Crippen molar-refractivity contribution in [1.29, 1.82) is 0 Å².